The van der Waals surface area contributed by atoms with Crippen molar-refractivity contribution in [3.8, 4) is 0 Å². The Morgan fingerprint density at radius 1 is 1.45 bits per heavy atom. The molecule has 2 heterocycles. The summed E-state index contributed by atoms with van der Waals surface area (Å²) < 4.78 is 6.24. The van der Waals surface area contributed by atoms with Gasteiger partial charge < -0.3 is 9.64 Å². The number of fused-ring (bicyclic) bond motifs is 1. The zero-order valence-corrected chi connectivity index (χ0v) is 12.6. The summed E-state index contributed by atoms with van der Waals surface area (Å²) in [6.07, 6.45) is 8.34. The highest BCUT2D eigenvalue weighted by molar-refractivity contribution is 6.31. The zero-order chi connectivity index (χ0) is 14.2. The van der Waals surface area contributed by atoms with Crippen LogP contribution in [0.15, 0.2) is 23.3 Å². The molecule has 2 unspecified atom stereocenters. The number of allylic oxidation sites excluding steroid dienone is 2. The third kappa shape index (κ3) is 2.78. The summed E-state index contributed by atoms with van der Waals surface area (Å²) in [5.41, 5.74) is -0.201. The molecule has 4 nitrogen and oxygen atoms in total. The molecule has 3 atom stereocenters. The van der Waals surface area contributed by atoms with Crippen molar-refractivity contribution in [3.05, 3.63) is 23.3 Å². The summed E-state index contributed by atoms with van der Waals surface area (Å²) >= 11 is 6.09. The quantitative estimate of drug-likeness (QED) is 0.742. The molecule has 3 aliphatic rings. The van der Waals surface area contributed by atoms with E-state index in [-0.39, 0.29) is 11.7 Å². The first-order valence-electron chi connectivity index (χ1n) is 7.25. The number of hydrogen-bond acceptors (Lipinski definition) is 3. The number of ether oxygens (including phenoxy) is 1. The van der Waals surface area contributed by atoms with Crippen LogP contribution < -0.4 is 0 Å². The van der Waals surface area contributed by atoms with Crippen LogP contribution in [0.5, 0.6) is 0 Å². The molecule has 0 saturated carbocycles. The topological polar surface area (TPSA) is 32.8 Å². The summed E-state index contributed by atoms with van der Waals surface area (Å²) in [6, 6.07) is 0. The summed E-state index contributed by atoms with van der Waals surface area (Å²) in [6.45, 7) is 6.60. The van der Waals surface area contributed by atoms with Gasteiger partial charge in [-0.05, 0) is 19.4 Å². The van der Waals surface area contributed by atoms with Gasteiger partial charge in [-0.25, -0.2) is 0 Å². The van der Waals surface area contributed by atoms with Gasteiger partial charge in [-0.2, -0.15) is 0 Å². The van der Waals surface area contributed by atoms with Crippen molar-refractivity contribution in [3.63, 3.8) is 0 Å². The molecule has 0 radical (unpaired) electrons. The van der Waals surface area contributed by atoms with Crippen LogP contribution >= 0.6 is 11.6 Å². The van der Waals surface area contributed by atoms with E-state index in [0.717, 1.165) is 50.6 Å². The monoisotopic (exact) mass is 296 g/mol. The minimum atomic E-state index is -0.201. The first kappa shape index (κ1) is 14.1. The maximum atomic E-state index is 10.7. The van der Waals surface area contributed by atoms with Gasteiger partial charge in [0.15, 0.2) is 0 Å². The van der Waals surface area contributed by atoms with Gasteiger partial charge in [0.25, 0.3) is 0 Å². The van der Waals surface area contributed by atoms with Crippen molar-refractivity contribution in [2.45, 2.75) is 25.0 Å². The molecule has 0 N–H and O–H groups in total. The Balaban J connectivity index is 1.56. The second-order valence-corrected chi connectivity index (χ2v) is 6.53. The molecule has 1 amide bonds. The summed E-state index contributed by atoms with van der Waals surface area (Å²) in [5.74, 6) is 0.376. The van der Waals surface area contributed by atoms with Crippen LogP contribution in [-0.2, 0) is 9.53 Å². The van der Waals surface area contributed by atoms with Crippen LogP contribution in [0.4, 0.5) is 0 Å². The second kappa shape index (κ2) is 5.51. The highest BCUT2D eigenvalue weighted by Crippen LogP contribution is 2.42. The number of halogens is 1. The first-order chi connectivity index (χ1) is 9.59. The summed E-state index contributed by atoms with van der Waals surface area (Å²) in [4.78, 5) is 14.9. The van der Waals surface area contributed by atoms with Crippen molar-refractivity contribution in [1.82, 2.24) is 9.80 Å². The van der Waals surface area contributed by atoms with E-state index in [0.29, 0.717) is 5.92 Å². The Labute approximate surface area is 125 Å². The maximum absolute atomic E-state index is 10.7. The fourth-order valence-corrected chi connectivity index (χ4v) is 3.57. The molecule has 20 heavy (non-hydrogen) atoms. The van der Waals surface area contributed by atoms with Crippen LogP contribution in [0.3, 0.4) is 0 Å². The average Bonchev–Trinajstić information content (AvgIpc) is 2.75. The summed E-state index contributed by atoms with van der Waals surface area (Å²) in [7, 11) is 0. The lowest BCUT2D eigenvalue weighted by Crippen LogP contribution is -2.48. The van der Waals surface area contributed by atoms with Crippen molar-refractivity contribution < 1.29 is 9.53 Å². The molecule has 2 fully saturated rings. The molecule has 2 saturated heterocycles. The molecular formula is C15H21ClN2O2. The Kier molecular flexibility index (Phi) is 3.89. The lowest BCUT2D eigenvalue weighted by atomic mass is 9.85. The molecule has 5 heteroatoms. The number of carbonyl (C=O) groups excluding carboxylic acids is 1. The molecule has 110 valence electrons. The molecule has 0 bridgehead atoms. The predicted octanol–water partition coefficient (Wildman–Crippen LogP) is 1.62. The second-order valence-electron chi connectivity index (χ2n) is 6.09. The zero-order valence-electron chi connectivity index (χ0n) is 11.8. The van der Waals surface area contributed by atoms with Crippen molar-refractivity contribution in [2.24, 2.45) is 5.92 Å². The Morgan fingerprint density at radius 3 is 2.90 bits per heavy atom. The number of amides is 1. The Hall–Kier alpha value is -0.840. The van der Waals surface area contributed by atoms with Crippen molar-refractivity contribution in [1.29, 1.82) is 0 Å². The lowest BCUT2D eigenvalue weighted by molar-refractivity contribution is -0.120. The van der Waals surface area contributed by atoms with Crippen LogP contribution in [0.2, 0.25) is 0 Å². The molecule has 3 rings (SSSR count). The van der Waals surface area contributed by atoms with E-state index in [2.05, 4.69) is 24.0 Å². The first-order valence-corrected chi connectivity index (χ1v) is 7.63. The fraction of sp³-hybridized carbons (Fsp3) is 0.667. The molecule has 0 aromatic rings. The van der Waals surface area contributed by atoms with Gasteiger partial charge in [0, 0.05) is 43.7 Å². The van der Waals surface area contributed by atoms with E-state index in [1.807, 2.05) is 11.0 Å². The van der Waals surface area contributed by atoms with Gasteiger partial charge in [-0.3, -0.25) is 9.69 Å². The highest BCUT2D eigenvalue weighted by Gasteiger charge is 2.44. The molecule has 0 aromatic heterocycles. The number of carbonyl (C=O) groups is 1. The molecule has 2 aliphatic heterocycles. The van der Waals surface area contributed by atoms with E-state index >= 15 is 0 Å². The minimum Gasteiger partial charge on any atom is -0.366 e. The number of rotatable bonds is 3. The van der Waals surface area contributed by atoms with Crippen LogP contribution in [-0.4, -0.2) is 60.6 Å². The highest BCUT2D eigenvalue weighted by atomic mass is 35.5. The van der Waals surface area contributed by atoms with Crippen LogP contribution in [0.25, 0.3) is 0 Å². The normalized spacial score (nSPS) is 37.7. The van der Waals surface area contributed by atoms with E-state index in [4.69, 9.17) is 16.3 Å². The van der Waals surface area contributed by atoms with Crippen LogP contribution in [0, 0.1) is 5.92 Å². The predicted molar refractivity (Wildman–Crippen MR) is 78.5 cm³/mol. The largest absolute Gasteiger partial charge is 0.366 e. The minimum absolute atomic E-state index is 0.201. The van der Waals surface area contributed by atoms with Crippen molar-refractivity contribution in [2.75, 3.05) is 32.7 Å². The number of hydrogen-bond donors (Lipinski definition) is 0. The third-order valence-corrected chi connectivity index (χ3v) is 4.88. The Bertz CT molecular complexity index is 443. The molecule has 1 aliphatic carbocycles. The van der Waals surface area contributed by atoms with E-state index in [9.17, 15) is 4.79 Å². The van der Waals surface area contributed by atoms with Gasteiger partial charge >= 0.3 is 0 Å². The van der Waals surface area contributed by atoms with Gasteiger partial charge in [0.05, 0.1) is 11.7 Å². The molecular weight excluding hydrogens is 276 g/mol. The summed E-state index contributed by atoms with van der Waals surface area (Å²) in [5, 5.41) is 0.816. The third-order valence-electron chi connectivity index (χ3n) is 4.63. The smallest absolute Gasteiger partial charge is 0.209 e. The Morgan fingerprint density at radius 2 is 2.20 bits per heavy atom. The standard InChI is InChI=1S/C15H21ClN2O2/c1-15-3-2-13(16)8-12(15)9-14(20-15)10-17-4-6-18(11-19)7-5-17/h2-3,8,11-12,14H,4-7,9-10H2,1H3/t12?,14?,15-/m1/s1. The van der Waals surface area contributed by atoms with Gasteiger partial charge in [-0.15, -0.1) is 0 Å². The molecule has 0 spiro atoms. The van der Waals surface area contributed by atoms with E-state index in [1.54, 1.807) is 0 Å². The van der Waals surface area contributed by atoms with Crippen molar-refractivity contribution >= 4 is 18.0 Å². The van der Waals surface area contributed by atoms with Gasteiger partial charge in [0.1, 0.15) is 0 Å². The lowest BCUT2D eigenvalue weighted by Gasteiger charge is -2.34. The van der Waals surface area contributed by atoms with Crippen LogP contribution in [0.1, 0.15) is 13.3 Å². The average molecular weight is 297 g/mol. The maximum Gasteiger partial charge on any atom is 0.209 e. The van der Waals surface area contributed by atoms with Gasteiger partial charge in [0.2, 0.25) is 6.41 Å². The van der Waals surface area contributed by atoms with E-state index < -0.39 is 0 Å². The SMILES string of the molecule is C[C@@]12C=CC(Cl)=CC1CC(CN1CCN(C=O)CC1)O2. The molecule has 0 aromatic carbocycles. The number of piperazine rings is 1. The fourth-order valence-electron chi connectivity index (χ4n) is 3.35. The number of nitrogens with zero attached hydrogens (tertiary/aromatic N) is 2. The van der Waals surface area contributed by atoms with E-state index in [1.165, 1.54) is 0 Å². The van der Waals surface area contributed by atoms with Gasteiger partial charge in [-0.1, -0.05) is 23.8 Å².